The zero-order valence-electron chi connectivity index (χ0n) is 17.9. The first-order chi connectivity index (χ1) is 16.1. The van der Waals surface area contributed by atoms with Gasteiger partial charge >= 0.3 is 0 Å². The maximum absolute atomic E-state index is 13.0. The Bertz CT molecular complexity index is 1540. The average molecular weight is 473 g/mol. The third kappa shape index (κ3) is 3.53. The first kappa shape index (κ1) is 20.2. The van der Waals surface area contributed by atoms with Crippen LogP contribution in [-0.2, 0) is 6.54 Å². The van der Waals surface area contributed by atoms with Crippen LogP contribution in [-0.4, -0.2) is 34.0 Å². The SMILES string of the molecule is Cc1nc(C(=O)N2CCOc3c(O)cc(-c4ccc5sc6ccccc6c5c4)cc3C2)cs1. The predicted octanol–water partition coefficient (Wildman–Crippen LogP) is 6.23. The fourth-order valence-corrected chi connectivity index (χ4v) is 6.04. The summed E-state index contributed by atoms with van der Waals surface area (Å²) in [5.41, 5.74) is 3.15. The Morgan fingerprint density at radius 1 is 1.06 bits per heavy atom. The van der Waals surface area contributed by atoms with Gasteiger partial charge in [0.05, 0.1) is 11.6 Å². The van der Waals surface area contributed by atoms with E-state index in [0.29, 0.717) is 31.1 Å². The van der Waals surface area contributed by atoms with E-state index in [4.69, 9.17) is 4.74 Å². The Morgan fingerprint density at radius 3 is 2.76 bits per heavy atom. The quantitative estimate of drug-likeness (QED) is 0.331. The van der Waals surface area contributed by atoms with Gasteiger partial charge in [0.25, 0.3) is 5.91 Å². The van der Waals surface area contributed by atoms with Crippen LogP contribution in [0, 0.1) is 6.92 Å². The Labute approximate surface area is 198 Å². The molecule has 6 rings (SSSR count). The summed E-state index contributed by atoms with van der Waals surface area (Å²) in [5.74, 6) is 0.425. The minimum Gasteiger partial charge on any atom is -0.504 e. The lowest BCUT2D eigenvalue weighted by molar-refractivity contribution is 0.0728. The molecular weight excluding hydrogens is 452 g/mol. The molecule has 3 heterocycles. The number of fused-ring (bicyclic) bond motifs is 4. The number of ether oxygens (including phenoxy) is 1. The summed E-state index contributed by atoms with van der Waals surface area (Å²) < 4.78 is 8.34. The minimum absolute atomic E-state index is 0.0941. The minimum atomic E-state index is -0.119. The molecule has 3 aromatic carbocycles. The highest BCUT2D eigenvalue weighted by Gasteiger charge is 2.25. The summed E-state index contributed by atoms with van der Waals surface area (Å²) in [7, 11) is 0. The molecule has 7 heteroatoms. The van der Waals surface area contributed by atoms with Gasteiger partial charge in [-0.2, -0.15) is 0 Å². The van der Waals surface area contributed by atoms with Crippen LogP contribution in [0.15, 0.2) is 60.0 Å². The van der Waals surface area contributed by atoms with Crippen molar-refractivity contribution in [1.29, 1.82) is 0 Å². The Hall–Kier alpha value is -3.42. The third-order valence-electron chi connectivity index (χ3n) is 5.95. The number of aryl methyl sites for hydroxylation is 1. The molecule has 0 fully saturated rings. The van der Waals surface area contributed by atoms with Crippen LogP contribution in [0.2, 0.25) is 0 Å². The van der Waals surface area contributed by atoms with Crippen LogP contribution in [0.1, 0.15) is 21.1 Å². The van der Waals surface area contributed by atoms with Gasteiger partial charge in [-0.3, -0.25) is 4.79 Å². The second kappa shape index (κ2) is 7.86. The molecular formula is C26H20N2O3S2. The predicted molar refractivity (Wildman–Crippen MR) is 134 cm³/mol. The highest BCUT2D eigenvalue weighted by atomic mass is 32.1. The summed E-state index contributed by atoms with van der Waals surface area (Å²) in [6.45, 7) is 3.00. The van der Waals surface area contributed by atoms with Crippen molar-refractivity contribution in [2.24, 2.45) is 0 Å². The number of phenolic OH excluding ortho intramolecular Hbond substituents is 1. The van der Waals surface area contributed by atoms with Gasteiger partial charge in [0.1, 0.15) is 12.3 Å². The van der Waals surface area contributed by atoms with Gasteiger partial charge in [-0.1, -0.05) is 24.3 Å². The second-order valence-corrected chi connectivity index (χ2v) is 10.3. The van der Waals surface area contributed by atoms with E-state index in [1.807, 2.05) is 13.0 Å². The monoisotopic (exact) mass is 472 g/mol. The molecule has 0 aliphatic carbocycles. The van der Waals surface area contributed by atoms with Crippen LogP contribution >= 0.6 is 22.7 Å². The lowest BCUT2D eigenvalue weighted by Gasteiger charge is -2.19. The summed E-state index contributed by atoms with van der Waals surface area (Å²) in [5, 5.41) is 15.9. The maximum Gasteiger partial charge on any atom is 0.273 e. The van der Waals surface area contributed by atoms with Crippen molar-refractivity contribution in [3.63, 3.8) is 0 Å². The molecule has 0 bridgehead atoms. The van der Waals surface area contributed by atoms with Crippen LogP contribution in [0.5, 0.6) is 11.5 Å². The summed E-state index contributed by atoms with van der Waals surface area (Å²) >= 11 is 3.24. The molecule has 164 valence electrons. The topological polar surface area (TPSA) is 62.7 Å². The number of hydrogen-bond acceptors (Lipinski definition) is 6. The zero-order chi connectivity index (χ0) is 22.5. The molecule has 0 spiro atoms. The fraction of sp³-hybridized carbons (Fsp3) is 0.154. The molecule has 0 saturated heterocycles. The number of amides is 1. The largest absolute Gasteiger partial charge is 0.504 e. The van der Waals surface area contributed by atoms with Gasteiger partial charge in [0.2, 0.25) is 0 Å². The van der Waals surface area contributed by atoms with Crippen molar-refractivity contribution in [2.45, 2.75) is 13.5 Å². The molecule has 1 amide bonds. The Morgan fingerprint density at radius 2 is 1.91 bits per heavy atom. The molecule has 1 aliphatic heterocycles. The van der Waals surface area contributed by atoms with Gasteiger partial charge in [-0.25, -0.2) is 4.98 Å². The standard InChI is InChI=1S/C26H20N2O3S2/c1-15-27-21(14-32-15)26(30)28-8-9-31-25-18(13-28)10-17(12-22(25)29)16-6-7-24-20(11-16)19-4-2-3-5-23(19)33-24/h2-7,10-12,14,29H,8-9,13H2,1H3. The summed E-state index contributed by atoms with van der Waals surface area (Å²) in [6, 6.07) is 18.6. The number of thiophene rings is 1. The van der Waals surface area contributed by atoms with Gasteiger partial charge in [0.15, 0.2) is 11.5 Å². The number of hydrogen-bond donors (Lipinski definition) is 1. The number of phenols is 1. The zero-order valence-corrected chi connectivity index (χ0v) is 19.5. The number of rotatable bonds is 2. The van der Waals surface area contributed by atoms with E-state index in [-0.39, 0.29) is 11.7 Å². The third-order valence-corrected chi connectivity index (χ3v) is 7.88. The van der Waals surface area contributed by atoms with Gasteiger partial charge in [-0.15, -0.1) is 22.7 Å². The fourth-order valence-electron chi connectivity index (χ4n) is 4.37. The first-order valence-electron chi connectivity index (χ1n) is 10.7. The van der Waals surface area contributed by atoms with Crippen LogP contribution < -0.4 is 4.74 Å². The van der Waals surface area contributed by atoms with E-state index in [9.17, 15) is 9.90 Å². The van der Waals surface area contributed by atoms with E-state index in [1.54, 1.807) is 27.7 Å². The van der Waals surface area contributed by atoms with E-state index >= 15 is 0 Å². The highest BCUT2D eigenvalue weighted by Crippen LogP contribution is 2.40. The number of nitrogens with zero attached hydrogens (tertiary/aromatic N) is 2. The van der Waals surface area contributed by atoms with Crippen molar-refractivity contribution in [1.82, 2.24) is 9.88 Å². The van der Waals surface area contributed by atoms with E-state index in [1.165, 1.54) is 31.5 Å². The number of aromatic nitrogens is 1. The van der Waals surface area contributed by atoms with Crippen molar-refractivity contribution >= 4 is 48.8 Å². The molecule has 0 atom stereocenters. The Kier molecular flexibility index (Phi) is 4.81. The maximum atomic E-state index is 13.0. The van der Waals surface area contributed by atoms with Crippen molar-refractivity contribution in [3.8, 4) is 22.6 Å². The number of benzene rings is 3. The second-order valence-electron chi connectivity index (χ2n) is 8.12. The van der Waals surface area contributed by atoms with Gasteiger partial charge < -0.3 is 14.7 Å². The van der Waals surface area contributed by atoms with E-state index in [2.05, 4.69) is 47.4 Å². The molecule has 0 saturated carbocycles. The van der Waals surface area contributed by atoms with E-state index < -0.39 is 0 Å². The molecule has 33 heavy (non-hydrogen) atoms. The smallest absolute Gasteiger partial charge is 0.273 e. The normalized spacial score (nSPS) is 13.7. The van der Waals surface area contributed by atoms with Crippen molar-refractivity contribution in [2.75, 3.05) is 13.2 Å². The number of aromatic hydroxyl groups is 1. The lowest BCUT2D eigenvalue weighted by atomic mass is 9.99. The molecule has 0 radical (unpaired) electrons. The van der Waals surface area contributed by atoms with Gasteiger partial charge in [0, 0.05) is 37.7 Å². The molecule has 2 aromatic heterocycles. The lowest BCUT2D eigenvalue weighted by Crippen LogP contribution is -2.32. The first-order valence-corrected chi connectivity index (χ1v) is 12.4. The number of carbonyl (C=O) groups is 1. The van der Waals surface area contributed by atoms with Gasteiger partial charge in [-0.05, 0) is 48.4 Å². The molecule has 5 aromatic rings. The van der Waals surface area contributed by atoms with E-state index in [0.717, 1.165) is 21.7 Å². The molecule has 1 N–H and O–H groups in total. The summed E-state index contributed by atoms with van der Waals surface area (Å²) in [4.78, 5) is 19.1. The average Bonchev–Trinajstić information content (AvgIpc) is 3.34. The van der Waals surface area contributed by atoms with Crippen molar-refractivity contribution in [3.05, 3.63) is 76.2 Å². The van der Waals surface area contributed by atoms with Crippen LogP contribution in [0.4, 0.5) is 0 Å². The van der Waals surface area contributed by atoms with Crippen LogP contribution in [0.25, 0.3) is 31.3 Å². The Balaban J connectivity index is 1.40. The van der Waals surface area contributed by atoms with Crippen molar-refractivity contribution < 1.29 is 14.6 Å². The molecule has 5 nitrogen and oxygen atoms in total. The molecule has 1 aliphatic rings. The number of thiazole rings is 1. The molecule has 0 unspecified atom stereocenters. The highest BCUT2D eigenvalue weighted by molar-refractivity contribution is 7.25. The summed E-state index contributed by atoms with van der Waals surface area (Å²) in [6.07, 6.45) is 0. The number of carbonyl (C=O) groups excluding carboxylic acids is 1. The van der Waals surface area contributed by atoms with Crippen LogP contribution in [0.3, 0.4) is 0 Å².